The van der Waals surface area contributed by atoms with Gasteiger partial charge < -0.3 is 19.9 Å². The first kappa shape index (κ1) is 12.7. The molecule has 0 atom stereocenters. The number of pyridine rings is 1. The lowest BCUT2D eigenvalue weighted by Crippen LogP contribution is -2.05. The number of rotatable bonds is 3. The summed E-state index contributed by atoms with van der Waals surface area (Å²) < 4.78 is 16.5. The Bertz CT molecular complexity index is 656. The SMILES string of the molecule is Cc1cc(C)c(CN)c(Oc2ccc3c(c2)OCO3)n1. The Balaban J connectivity index is 1.95. The van der Waals surface area contributed by atoms with Gasteiger partial charge in [0.05, 0.1) is 0 Å². The molecule has 5 nitrogen and oxygen atoms in total. The molecule has 0 bridgehead atoms. The van der Waals surface area contributed by atoms with E-state index in [-0.39, 0.29) is 6.79 Å². The summed E-state index contributed by atoms with van der Waals surface area (Å²) in [5, 5.41) is 0. The Hall–Kier alpha value is -2.27. The molecule has 3 rings (SSSR count). The molecule has 0 aliphatic carbocycles. The van der Waals surface area contributed by atoms with Crippen molar-refractivity contribution in [3.63, 3.8) is 0 Å². The molecule has 0 saturated carbocycles. The summed E-state index contributed by atoms with van der Waals surface area (Å²) in [6.07, 6.45) is 0. The van der Waals surface area contributed by atoms with Gasteiger partial charge >= 0.3 is 0 Å². The maximum Gasteiger partial charge on any atom is 0.231 e. The fraction of sp³-hybridized carbons (Fsp3) is 0.267. The lowest BCUT2D eigenvalue weighted by molar-refractivity contribution is 0.174. The molecule has 1 aliphatic rings. The van der Waals surface area contributed by atoms with Crippen LogP contribution in [0.5, 0.6) is 23.1 Å². The van der Waals surface area contributed by atoms with Crippen LogP contribution in [0.2, 0.25) is 0 Å². The van der Waals surface area contributed by atoms with Crippen molar-refractivity contribution in [2.24, 2.45) is 5.73 Å². The Labute approximate surface area is 117 Å². The van der Waals surface area contributed by atoms with Crippen LogP contribution in [-0.4, -0.2) is 11.8 Å². The number of nitrogens with two attached hydrogens (primary N) is 1. The molecule has 5 heteroatoms. The monoisotopic (exact) mass is 272 g/mol. The van der Waals surface area contributed by atoms with Gasteiger partial charge in [-0.1, -0.05) is 0 Å². The summed E-state index contributed by atoms with van der Waals surface area (Å²) in [5.41, 5.74) is 8.67. The maximum atomic E-state index is 5.86. The number of aryl methyl sites for hydroxylation is 2. The molecule has 2 N–H and O–H groups in total. The van der Waals surface area contributed by atoms with Gasteiger partial charge in [-0.05, 0) is 37.6 Å². The van der Waals surface area contributed by atoms with Gasteiger partial charge in [-0.2, -0.15) is 0 Å². The van der Waals surface area contributed by atoms with Crippen LogP contribution < -0.4 is 19.9 Å². The Morgan fingerprint density at radius 2 is 2.00 bits per heavy atom. The number of ether oxygens (including phenoxy) is 3. The molecule has 0 saturated heterocycles. The van der Waals surface area contributed by atoms with Crippen LogP contribution in [0.3, 0.4) is 0 Å². The van der Waals surface area contributed by atoms with E-state index in [0.29, 0.717) is 23.9 Å². The van der Waals surface area contributed by atoms with Gasteiger partial charge in [0.2, 0.25) is 12.7 Å². The van der Waals surface area contributed by atoms with E-state index in [2.05, 4.69) is 4.98 Å². The summed E-state index contributed by atoms with van der Waals surface area (Å²) in [6, 6.07) is 7.44. The number of fused-ring (bicyclic) bond motifs is 1. The van der Waals surface area contributed by atoms with Crippen molar-refractivity contribution in [3.8, 4) is 23.1 Å². The molecular formula is C15H16N2O3. The highest BCUT2D eigenvalue weighted by Crippen LogP contribution is 2.37. The van der Waals surface area contributed by atoms with Gasteiger partial charge in [0.15, 0.2) is 11.5 Å². The van der Waals surface area contributed by atoms with Crippen LogP contribution in [-0.2, 0) is 6.54 Å². The standard InChI is InChI=1S/C15H16N2O3/c1-9-5-10(2)17-15(12(9)7-16)20-11-3-4-13-14(6-11)19-8-18-13/h3-6H,7-8,16H2,1-2H3. The van der Waals surface area contributed by atoms with Crippen LogP contribution in [0.15, 0.2) is 24.3 Å². The topological polar surface area (TPSA) is 66.6 Å². The highest BCUT2D eigenvalue weighted by Gasteiger charge is 2.15. The highest BCUT2D eigenvalue weighted by molar-refractivity contribution is 5.48. The predicted molar refractivity (Wildman–Crippen MR) is 74.2 cm³/mol. The summed E-state index contributed by atoms with van der Waals surface area (Å²) in [6.45, 7) is 4.57. The third-order valence-corrected chi connectivity index (χ3v) is 3.20. The van der Waals surface area contributed by atoms with E-state index in [1.165, 1.54) is 0 Å². The largest absolute Gasteiger partial charge is 0.454 e. The van der Waals surface area contributed by atoms with E-state index in [4.69, 9.17) is 19.9 Å². The minimum atomic E-state index is 0.245. The molecule has 1 aliphatic heterocycles. The van der Waals surface area contributed by atoms with Gasteiger partial charge in [0, 0.05) is 23.9 Å². The van der Waals surface area contributed by atoms with Crippen LogP contribution in [0.4, 0.5) is 0 Å². The Morgan fingerprint density at radius 3 is 2.80 bits per heavy atom. The first-order chi connectivity index (χ1) is 9.67. The summed E-state index contributed by atoms with van der Waals surface area (Å²) >= 11 is 0. The Kier molecular flexibility index (Phi) is 3.20. The van der Waals surface area contributed by atoms with Crippen LogP contribution in [0.25, 0.3) is 0 Å². The quantitative estimate of drug-likeness (QED) is 0.930. The summed E-state index contributed by atoms with van der Waals surface area (Å²) in [7, 11) is 0. The van der Waals surface area contributed by atoms with Crippen LogP contribution >= 0.6 is 0 Å². The highest BCUT2D eigenvalue weighted by atomic mass is 16.7. The first-order valence-corrected chi connectivity index (χ1v) is 6.42. The molecule has 0 spiro atoms. The smallest absolute Gasteiger partial charge is 0.231 e. The second-order valence-corrected chi connectivity index (χ2v) is 4.69. The molecule has 1 aromatic heterocycles. The molecule has 104 valence electrons. The molecule has 0 radical (unpaired) electrons. The van der Waals surface area contributed by atoms with Gasteiger partial charge in [-0.25, -0.2) is 4.98 Å². The van der Waals surface area contributed by atoms with Gasteiger partial charge in [0.1, 0.15) is 5.75 Å². The van der Waals surface area contributed by atoms with Crippen LogP contribution in [0, 0.1) is 13.8 Å². The fourth-order valence-electron chi connectivity index (χ4n) is 2.21. The zero-order valence-corrected chi connectivity index (χ0v) is 11.5. The van der Waals surface area contributed by atoms with Crippen molar-refractivity contribution in [1.29, 1.82) is 0 Å². The molecule has 2 aromatic rings. The number of benzene rings is 1. The second kappa shape index (κ2) is 5.02. The molecular weight excluding hydrogens is 256 g/mol. The first-order valence-electron chi connectivity index (χ1n) is 6.42. The maximum absolute atomic E-state index is 5.86. The van der Waals surface area contributed by atoms with Crippen molar-refractivity contribution >= 4 is 0 Å². The minimum absolute atomic E-state index is 0.245. The average Bonchev–Trinajstić information content (AvgIpc) is 2.85. The van der Waals surface area contributed by atoms with E-state index in [9.17, 15) is 0 Å². The fourth-order valence-corrected chi connectivity index (χ4v) is 2.21. The zero-order chi connectivity index (χ0) is 14.1. The van der Waals surface area contributed by atoms with Gasteiger partial charge in [0.25, 0.3) is 0 Å². The number of hydrogen-bond acceptors (Lipinski definition) is 5. The Morgan fingerprint density at radius 1 is 1.20 bits per heavy atom. The van der Waals surface area contributed by atoms with E-state index in [0.717, 1.165) is 22.6 Å². The molecule has 0 unspecified atom stereocenters. The van der Waals surface area contributed by atoms with E-state index in [1.807, 2.05) is 32.0 Å². The van der Waals surface area contributed by atoms with Gasteiger partial charge in [-0.15, -0.1) is 0 Å². The normalized spacial score (nSPS) is 12.6. The van der Waals surface area contributed by atoms with E-state index in [1.54, 1.807) is 6.07 Å². The lowest BCUT2D eigenvalue weighted by atomic mass is 10.1. The van der Waals surface area contributed by atoms with Gasteiger partial charge in [-0.3, -0.25) is 0 Å². The molecule has 2 heterocycles. The van der Waals surface area contributed by atoms with E-state index < -0.39 is 0 Å². The minimum Gasteiger partial charge on any atom is -0.454 e. The number of hydrogen-bond donors (Lipinski definition) is 1. The third kappa shape index (κ3) is 2.28. The third-order valence-electron chi connectivity index (χ3n) is 3.20. The average molecular weight is 272 g/mol. The molecule has 1 aromatic carbocycles. The number of aromatic nitrogens is 1. The van der Waals surface area contributed by atoms with Crippen molar-refractivity contribution in [1.82, 2.24) is 4.98 Å². The van der Waals surface area contributed by atoms with E-state index >= 15 is 0 Å². The van der Waals surface area contributed by atoms with Crippen molar-refractivity contribution in [2.45, 2.75) is 20.4 Å². The van der Waals surface area contributed by atoms with Crippen molar-refractivity contribution in [3.05, 3.63) is 41.1 Å². The number of nitrogens with zero attached hydrogens (tertiary/aromatic N) is 1. The van der Waals surface area contributed by atoms with Crippen LogP contribution in [0.1, 0.15) is 16.8 Å². The van der Waals surface area contributed by atoms with Crippen molar-refractivity contribution in [2.75, 3.05) is 6.79 Å². The lowest BCUT2D eigenvalue weighted by Gasteiger charge is -2.12. The second-order valence-electron chi connectivity index (χ2n) is 4.69. The zero-order valence-electron chi connectivity index (χ0n) is 11.5. The summed E-state index contributed by atoms with van der Waals surface area (Å²) in [4.78, 5) is 4.42. The molecule has 20 heavy (non-hydrogen) atoms. The van der Waals surface area contributed by atoms with Crippen molar-refractivity contribution < 1.29 is 14.2 Å². The summed E-state index contributed by atoms with van der Waals surface area (Å²) in [5.74, 6) is 2.61. The molecule has 0 amide bonds. The molecule has 0 fully saturated rings. The predicted octanol–water partition coefficient (Wildman–Crippen LogP) is 2.68.